The van der Waals surface area contributed by atoms with E-state index in [0.29, 0.717) is 17.8 Å². The minimum Gasteiger partial charge on any atom is -0.243 e. The molecule has 0 fully saturated rings. The van der Waals surface area contributed by atoms with Gasteiger partial charge in [-0.1, -0.05) is 6.07 Å². The highest BCUT2D eigenvalue weighted by atomic mass is 32.2. The smallest absolute Gasteiger partial charge is 0.242 e. The van der Waals surface area contributed by atoms with Crippen LogP contribution in [0.2, 0.25) is 0 Å². The molecule has 0 spiro atoms. The highest BCUT2D eigenvalue weighted by molar-refractivity contribution is 7.98. The SMILES string of the molecule is CSCCNS(=O)(=O)c1cccc2nonc12. The van der Waals surface area contributed by atoms with Crippen molar-refractivity contribution in [3.63, 3.8) is 0 Å². The summed E-state index contributed by atoms with van der Waals surface area (Å²) in [5.74, 6) is 0.715. The van der Waals surface area contributed by atoms with E-state index in [0.717, 1.165) is 0 Å². The van der Waals surface area contributed by atoms with E-state index >= 15 is 0 Å². The largest absolute Gasteiger partial charge is 0.243 e. The summed E-state index contributed by atoms with van der Waals surface area (Å²) >= 11 is 1.57. The van der Waals surface area contributed by atoms with Gasteiger partial charge in [0.2, 0.25) is 10.0 Å². The molecule has 92 valence electrons. The lowest BCUT2D eigenvalue weighted by atomic mass is 10.3. The molecular formula is C9H11N3O3S2. The van der Waals surface area contributed by atoms with Gasteiger partial charge in [-0.05, 0) is 28.7 Å². The fourth-order valence-electron chi connectivity index (χ4n) is 1.35. The van der Waals surface area contributed by atoms with Crippen LogP contribution < -0.4 is 4.72 Å². The fraction of sp³-hybridized carbons (Fsp3) is 0.333. The number of hydrogen-bond donors (Lipinski definition) is 1. The Kier molecular flexibility index (Phi) is 3.65. The summed E-state index contributed by atoms with van der Waals surface area (Å²) in [5.41, 5.74) is 0.682. The zero-order valence-electron chi connectivity index (χ0n) is 9.08. The van der Waals surface area contributed by atoms with Crippen LogP contribution in [0.25, 0.3) is 11.0 Å². The molecule has 0 unspecified atom stereocenters. The van der Waals surface area contributed by atoms with Gasteiger partial charge in [-0.15, -0.1) is 0 Å². The number of thioether (sulfide) groups is 1. The first kappa shape index (κ1) is 12.3. The molecule has 0 aliphatic carbocycles. The number of benzene rings is 1. The van der Waals surface area contributed by atoms with Gasteiger partial charge in [0.05, 0.1) is 0 Å². The van der Waals surface area contributed by atoms with Gasteiger partial charge in [-0.25, -0.2) is 17.8 Å². The maximum absolute atomic E-state index is 12.0. The van der Waals surface area contributed by atoms with Crippen LogP contribution in [0, 0.1) is 0 Å². The summed E-state index contributed by atoms with van der Waals surface area (Å²) < 4.78 is 31.0. The number of nitrogens with zero attached hydrogens (tertiary/aromatic N) is 2. The van der Waals surface area contributed by atoms with Crippen LogP contribution in [-0.4, -0.2) is 37.3 Å². The fourth-order valence-corrected chi connectivity index (χ4v) is 2.97. The van der Waals surface area contributed by atoms with Crippen LogP contribution in [0.15, 0.2) is 27.7 Å². The highest BCUT2D eigenvalue weighted by Crippen LogP contribution is 2.19. The molecule has 0 radical (unpaired) electrons. The van der Waals surface area contributed by atoms with Crippen molar-refractivity contribution in [3.8, 4) is 0 Å². The molecule has 0 bridgehead atoms. The van der Waals surface area contributed by atoms with Crippen LogP contribution in [0.3, 0.4) is 0 Å². The first-order valence-corrected chi connectivity index (χ1v) is 7.73. The van der Waals surface area contributed by atoms with E-state index in [1.807, 2.05) is 6.26 Å². The van der Waals surface area contributed by atoms with Crippen molar-refractivity contribution in [3.05, 3.63) is 18.2 Å². The summed E-state index contributed by atoms with van der Waals surface area (Å²) in [7, 11) is -3.55. The molecule has 8 heteroatoms. The zero-order valence-corrected chi connectivity index (χ0v) is 10.7. The molecule has 0 saturated heterocycles. The Bertz CT molecular complexity index is 609. The Morgan fingerprint density at radius 3 is 3.00 bits per heavy atom. The Labute approximate surface area is 103 Å². The third-order valence-corrected chi connectivity index (χ3v) is 4.24. The van der Waals surface area contributed by atoms with Crippen molar-refractivity contribution in [2.45, 2.75) is 4.90 Å². The van der Waals surface area contributed by atoms with Crippen LogP contribution >= 0.6 is 11.8 Å². The van der Waals surface area contributed by atoms with E-state index in [9.17, 15) is 8.42 Å². The number of fused-ring (bicyclic) bond motifs is 1. The minimum absolute atomic E-state index is 0.0948. The average molecular weight is 273 g/mol. The van der Waals surface area contributed by atoms with Crippen molar-refractivity contribution < 1.29 is 13.0 Å². The third-order valence-electron chi connectivity index (χ3n) is 2.14. The third kappa shape index (κ3) is 2.59. The average Bonchev–Trinajstić information content (AvgIpc) is 2.76. The van der Waals surface area contributed by atoms with Crippen LogP contribution in [0.5, 0.6) is 0 Å². The van der Waals surface area contributed by atoms with Crippen LogP contribution in [-0.2, 0) is 10.0 Å². The molecular weight excluding hydrogens is 262 g/mol. The van der Waals surface area contributed by atoms with E-state index in [1.54, 1.807) is 23.9 Å². The van der Waals surface area contributed by atoms with Crippen molar-refractivity contribution in [1.29, 1.82) is 0 Å². The molecule has 0 aliphatic heterocycles. The van der Waals surface area contributed by atoms with E-state index in [1.165, 1.54) is 6.07 Å². The summed E-state index contributed by atoms with van der Waals surface area (Å²) in [6.07, 6.45) is 1.91. The first-order valence-electron chi connectivity index (χ1n) is 4.85. The summed E-state index contributed by atoms with van der Waals surface area (Å²) in [6, 6.07) is 4.73. The lowest BCUT2D eigenvalue weighted by Gasteiger charge is -2.05. The second-order valence-electron chi connectivity index (χ2n) is 3.28. The Morgan fingerprint density at radius 2 is 2.24 bits per heavy atom. The lowest BCUT2D eigenvalue weighted by molar-refractivity contribution is 0.315. The minimum atomic E-state index is -3.55. The summed E-state index contributed by atoms with van der Waals surface area (Å²) in [4.78, 5) is 0.0948. The predicted octanol–water partition coefficient (Wildman–Crippen LogP) is 0.864. The number of aromatic nitrogens is 2. The molecule has 1 heterocycles. The topological polar surface area (TPSA) is 85.1 Å². The second-order valence-corrected chi connectivity index (χ2v) is 6.00. The number of hydrogen-bond acceptors (Lipinski definition) is 6. The van der Waals surface area contributed by atoms with Crippen molar-refractivity contribution in [2.75, 3.05) is 18.6 Å². The number of sulfonamides is 1. The van der Waals surface area contributed by atoms with Gasteiger partial charge in [-0.2, -0.15) is 11.8 Å². The highest BCUT2D eigenvalue weighted by Gasteiger charge is 2.19. The molecule has 1 N–H and O–H groups in total. The quantitative estimate of drug-likeness (QED) is 0.813. The van der Waals surface area contributed by atoms with Gasteiger partial charge in [0.15, 0.2) is 5.52 Å². The Morgan fingerprint density at radius 1 is 1.41 bits per heavy atom. The summed E-state index contributed by atoms with van der Waals surface area (Å²) in [5, 5.41) is 7.21. The Balaban J connectivity index is 2.35. The number of nitrogens with one attached hydrogen (secondary N) is 1. The molecule has 6 nitrogen and oxygen atoms in total. The molecule has 0 atom stereocenters. The van der Waals surface area contributed by atoms with Crippen LogP contribution in [0.4, 0.5) is 0 Å². The molecule has 2 aromatic rings. The predicted molar refractivity (Wildman–Crippen MR) is 65.4 cm³/mol. The zero-order chi connectivity index (χ0) is 12.3. The van der Waals surface area contributed by atoms with Gasteiger partial charge in [-0.3, -0.25) is 0 Å². The maximum Gasteiger partial charge on any atom is 0.242 e. The monoisotopic (exact) mass is 273 g/mol. The van der Waals surface area contributed by atoms with Crippen LogP contribution in [0.1, 0.15) is 0 Å². The molecule has 0 amide bonds. The van der Waals surface area contributed by atoms with E-state index in [2.05, 4.69) is 19.7 Å². The number of rotatable bonds is 5. The first-order chi connectivity index (χ1) is 8.15. The lowest BCUT2D eigenvalue weighted by Crippen LogP contribution is -2.26. The van der Waals surface area contributed by atoms with Gasteiger partial charge in [0.1, 0.15) is 10.4 Å². The molecule has 2 rings (SSSR count). The maximum atomic E-state index is 12.0. The van der Waals surface area contributed by atoms with Gasteiger partial charge in [0.25, 0.3) is 0 Å². The normalized spacial score (nSPS) is 12.1. The van der Waals surface area contributed by atoms with E-state index in [4.69, 9.17) is 0 Å². The standard InChI is InChI=1S/C9H11N3O3S2/c1-16-6-5-10-17(13,14)8-4-2-3-7-9(8)12-15-11-7/h2-4,10H,5-6H2,1H3. The van der Waals surface area contributed by atoms with E-state index in [-0.39, 0.29) is 10.4 Å². The summed E-state index contributed by atoms with van der Waals surface area (Å²) in [6.45, 7) is 0.380. The van der Waals surface area contributed by atoms with Crippen molar-refractivity contribution >= 4 is 32.8 Å². The van der Waals surface area contributed by atoms with Crippen molar-refractivity contribution in [2.24, 2.45) is 0 Å². The van der Waals surface area contributed by atoms with E-state index < -0.39 is 10.0 Å². The van der Waals surface area contributed by atoms with Gasteiger partial charge < -0.3 is 0 Å². The van der Waals surface area contributed by atoms with Gasteiger partial charge in [0, 0.05) is 12.3 Å². The molecule has 17 heavy (non-hydrogen) atoms. The Hall–Kier alpha value is -1.12. The van der Waals surface area contributed by atoms with Gasteiger partial charge >= 0.3 is 0 Å². The molecule has 1 aromatic carbocycles. The second kappa shape index (κ2) is 5.03. The molecule has 0 aliphatic rings. The van der Waals surface area contributed by atoms with Crippen molar-refractivity contribution in [1.82, 2.24) is 15.0 Å². The molecule has 0 saturated carbocycles. The molecule has 1 aromatic heterocycles.